The van der Waals surface area contributed by atoms with Gasteiger partial charge in [0.05, 0.1) is 13.4 Å². The molecule has 7 unspecified atom stereocenters. The van der Waals surface area contributed by atoms with Crippen LogP contribution in [-0.2, 0) is 0 Å². The molecule has 4 N–H and O–H groups in total. The zero-order valence-corrected chi connectivity index (χ0v) is 13.2. The minimum absolute atomic E-state index is 0.0400. The summed E-state index contributed by atoms with van der Waals surface area (Å²) in [5, 5.41) is 21.9. The van der Waals surface area contributed by atoms with Crippen molar-refractivity contribution in [1.29, 1.82) is 0 Å². The maximum atomic E-state index is 11.0. The summed E-state index contributed by atoms with van der Waals surface area (Å²) in [7, 11) is 6.22. The van der Waals surface area contributed by atoms with Crippen LogP contribution in [0.5, 0.6) is 0 Å². The molecule has 0 spiro atoms. The first-order valence-corrected chi connectivity index (χ1v) is 9.08. The van der Waals surface area contributed by atoms with Gasteiger partial charge < -0.3 is 15.9 Å². The van der Waals surface area contributed by atoms with E-state index in [1.54, 1.807) is 0 Å². The largest absolute Gasteiger partial charge is 0.390 e. The van der Waals surface area contributed by atoms with Gasteiger partial charge in [-0.2, -0.15) is 0 Å². The average molecular weight is 302 g/mol. The third kappa shape index (κ3) is 1.86. The van der Waals surface area contributed by atoms with E-state index in [1.165, 1.54) is 12.8 Å². The summed E-state index contributed by atoms with van der Waals surface area (Å²) in [6.45, 7) is 0. The first kappa shape index (κ1) is 14.3. The van der Waals surface area contributed by atoms with Gasteiger partial charge in [-0.05, 0) is 80.5 Å². The van der Waals surface area contributed by atoms with Crippen LogP contribution in [0.2, 0.25) is 0 Å². The number of hydrogen-bond acceptors (Lipinski definition) is 4. The van der Waals surface area contributed by atoms with Gasteiger partial charge in [-0.15, -0.1) is 0 Å². The number of aliphatic hydroxyl groups excluding tert-OH is 1. The molecule has 5 heteroatoms. The second-order valence-corrected chi connectivity index (χ2v) is 9.30. The van der Waals surface area contributed by atoms with Gasteiger partial charge in [-0.3, -0.25) is 4.90 Å². The van der Waals surface area contributed by atoms with Crippen molar-refractivity contribution < 1.29 is 10.2 Å². The summed E-state index contributed by atoms with van der Waals surface area (Å²) in [5.74, 6) is 1.84. The first-order valence-electron chi connectivity index (χ1n) is 9.08. The Kier molecular flexibility index (Phi) is 2.79. The zero-order valence-electron chi connectivity index (χ0n) is 13.2. The molecule has 1 saturated heterocycles. The lowest BCUT2D eigenvalue weighted by Crippen LogP contribution is -2.66. The normalized spacial score (nSPS) is 58.6. The molecule has 4 nitrogen and oxygen atoms in total. The molecule has 6 rings (SSSR count). The fourth-order valence-electron chi connectivity index (χ4n) is 7.10. The van der Waals surface area contributed by atoms with E-state index in [-0.39, 0.29) is 17.4 Å². The number of nitrogens with two attached hydrogens (primary N) is 1. The molecule has 6 fully saturated rings. The zero-order chi connectivity index (χ0) is 15.3. The summed E-state index contributed by atoms with van der Waals surface area (Å²) in [4.78, 5) is 2.08. The fraction of sp³-hybridized carbons (Fsp3) is 1.00. The van der Waals surface area contributed by atoms with Crippen molar-refractivity contribution in [2.24, 2.45) is 28.9 Å². The van der Waals surface area contributed by atoms with Crippen LogP contribution in [0.3, 0.4) is 0 Å². The van der Waals surface area contributed by atoms with Crippen molar-refractivity contribution in [3.05, 3.63) is 0 Å². The van der Waals surface area contributed by atoms with Crippen LogP contribution in [-0.4, -0.2) is 52.8 Å². The fourth-order valence-corrected chi connectivity index (χ4v) is 7.10. The highest BCUT2D eigenvalue weighted by Crippen LogP contribution is 2.63. The highest BCUT2D eigenvalue weighted by atomic mass is 16.3. The van der Waals surface area contributed by atoms with Gasteiger partial charge >= 0.3 is 0 Å². The van der Waals surface area contributed by atoms with Crippen LogP contribution >= 0.6 is 0 Å². The van der Waals surface area contributed by atoms with Gasteiger partial charge in [0, 0.05) is 12.1 Å². The summed E-state index contributed by atoms with van der Waals surface area (Å²) in [5.41, 5.74) is 6.04. The van der Waals surface area contributed by atoms with Crippen LogP contribution in [0.25, 0.3) is 0 Å². The number of aliphatic hydroxyl groups is 2. The summed E-state index contributed by atoms with van der Waals surface area (Å²) in [6.07, 6.45) is 7.61. The third-order valence-corrected chi connectivity index (χ3v) is 7.60. The Balaban J connectivity index is 1.41. The number of nitrogens with zero attached hydrogens (tertiary/aromatic N) is 1. The molecular weight excluding hydrogens is 275 g/mol. The smallest absolute Gasteiger partial charge is 0.123 e. The predicted molar refractivity (Wildman–Crippen MR) is 83.9 cm³/mol. The molecule has 2 radical (unpaired) electrons. The highest BCUT2D eigenvalue weighted by molar-refractivity contribution is 6.12. The van der Waals surface area contributed by atoms with E-state index in [0.717, 1.165) is 38.5 Å². The molecule has 1 heterocycles. The molecule has 7 atom stereocenters. The standard InChI is InChI=1S/C17H27BN2O2/c18-13-3-11-2-12(11)20(13)15(21)14(19)16-4-9-1-10(5-16)7-17(22,6-9)8-16/h9-15,21-22H,1-8,19H2. The monoisotopic (exact) mass is 302 g/mol. The lowest BCUT2D eigenvalue weighted by atomic mass is 9.46. The Morgan fingerprint density at radius 1 is 1.09 bits per heavy atom. The van der Waals surface area contributed by atoms with Crippen LogP contribution in [0.4, 0.5) is 0 Å². The van der Waals surface area contributed by atoms with Gasteiger partial charge in [0.1, 0.15) is 6.23 Å². The first-order chi connectivity index (χ1) is 10.4. The van der Waals surface area contributed by atoms with Crippen molar-refractivity contribution in [3.63, 3.8) is 0 Å². The van der Waals surface area contributed by atoms with Gasteiger partial charge in [0.25, 0.3) is 0 Å². The summed E-state index contributed by atoms with van der Waals surface area (Å²) < 4.78 is 0. The van der Waals surface area contributed by atoms with Crippen molar-refractivity contribution in [3.8, 4) is 0 Å². The van der Waals surface area contributed by atoms with Crippen LogP contribution in [0.1, 0.15) is 51.4 Å². The van der Waals surface area contributed by atoms with Crippen molar-refractivity contribution in [2.75, 3.05) is 0 Å². The second-order valence-electron chi connectivity index (χ2n) is 9.30. The molecular formula is C17H27BN2O2. The SMILES string of the molecule is [B]C1CC2CC2N1C(O)C(N)C12CC3CC(CC(O)(C3)C1)C2. The maximum Gasteiger partial charge on any atom is 0.123 e. The van der Waals surface area contributed by atoms with E-state index in [4.69, 9.17) is 13.6 Å². The molecule has 0 aromatic heterocycles. The van der Waals surface area contributed by atoms with Crippen molar-refractivity contribution >= 4 is 7.85 Å². The minimum Gasteiger partial charge on any atom is -0.390 e. The van der Waals surface area contributed by atoms with Crippen LogP contribution in [0, 0.1) is 23.2 Å². The van der Waals surface area contributed by atoms with E-state index in [2.05, 4.69) is 4.90 Å². The quantitative estimate of drug-likeness (QED) is 0.666. The molecule has 5 aliphatic carbocycles. The van der Waals surface area contributed by atoms with Gasteiger partial charge in [-0.1, -0.05) is 0 Å². The summed E-state index contributed by atoms with van der Waals surface area (Å²) in [6, 6.07) is 0.170. The van der Waals surface area contributed by atoms with E-state index >= 15 is 0 Å². The molecule has 0 amide bonds. The highest BCUT2D eigenvalue weighted by Gasteiger charge is 2.62. The molecule has 120 valence electrons. The Morgan fingerprint density at radius 3 is 2.32 bits per heavy atom. The van der Waals surface area contributed by atoms with Gasteiger partial charge in [-0.25, -0.2) is 0 Å². The Bertz CT molecular complexity index is 485. The third-order valence-electron chi connectivity index (χ3n) is 7.60. The average Bonchev–Trinajstić information content (AvgIpc) is 3.06. The number of hydrogen-bond donors (Lipinski definition) is 3. The molecule has 5 saturated carbocycles. The molecule has 4 bridgehead atoms. The maximum absolute atomic E-state index is 11.0. The molecule has 6 aliphatic rings. The van der Waals surface area contributed by atoms with E-state index < -0.39 is 11.8 Å². The van der Waals surface area contributed by atoms with Crippen molar-refractivity contribution in [1.82, 2.24) is 4.90 Å². The lowest BCUT2D eigenvalue weighted by Gasteiger charge is -2.62. The Labute approximate surface area is 133 Å². The van der Waals surface area contributed by atoms with Crippen LogP contribution < -0.4 is 5.73 Å². The van der Waals surface area contributed by atoms with Crippen molar-refractivity contribution in [2.45, 2.75) is 81.2 Å². The van der Waals surface area contributed by atoms with Gasteiger partial charge in [0.15, 0.2) is 0 Å². The summed E-state index contributed by atoms with van der Waals surface area (Å²) >= 11 is 0. The molecule has 22 heavy (non-hydrogen) atoms. The van der Waals surface area contributed by atoms with E-state index in [9.17, 15) is 10.2 Å². The molecule has 0 aromatic carbocycles. The molecule has 0 aromatic rings. The second kappa shape index (κ2) is 4.30. The number of rotatable bonds is 3. The molecule has 1 aliphatic heterocycles. The number of fused-ring (bicyclic) bond motifs is 1. The number of likely N-dealkylation sites (tertiary alicyclic amines) is 1. The van der Waals surface area contributed by atoms with Gasteiger partial charge in [0.2, 0.25) is 0 Å². The Morgan fingerprint density at radius 2 is 1.77 bits per heavy atom. The predicted octanol–water partition coefficient (Wildman–Crippen LogP) is 0.552. The lowest BCUT2D eigenvalue weighted by molar-refractivity contribution is -0.189. The van der Waals surface area contributed by atoms with E-state index in [1.807, 2.05) is 0 Å². The van der Waals surface area contributed by atoms with E-state index in [0.29, 0.717) is 23.8 Å². The van der Waals surface area contributed by atoms with Crippen LogP contribution in [0.15, 0.2) is 0 Å². The number of piperidine rings is 1. The topological polar surface area (TPSA) is 69.7 Å². The Hall–Kier alpha value is -0.0951. The minimum atomic E-state index is -0.646.